The fraction of sp³-hybridized carbons (Fsp3) is 0. The van der Waals surface area contributed by atoms with E-state index in [1.807, 2.05) is 12.1 Å². The molecule has 1 N–H and O–H groups in total. The Morgan fingerprint density at radius 3 is 2.50 bits per heavy atom. The van der Waals surface area contributed by atoms with Crippen LogP contribution in [0.4, 0.5) is 10.1 Å². The van der Waals surface area contributed by atoms with Gasteiger partial charge in [0.25, 0.3) is 5.91 Å². The number of anilines is 1. The smallest absolute Gasteiger partial charge is 0.256 e. The molecular formula is C13H8BrFINO. The van der Waals surface area contributed by atoms with Crippen molar-refractivity contribution >= 4 is 50.1 Å². The highest BCUT2D eigenvalue weighted by molar-refractivity contribution is 14.1. The van der Waals surface area contributed by atoms with Crippen LogP contribution in [0.2, 0.25) is 0 Å². The molecule has 18 heavy (non-hydrogen) atoms. The molecule has 0 saturated carbocycles. The van der Waals surface area contributed by atoms with Gasteiger partial charge in [0.2, 0.25) is 0 Å². The number of hydrogen-bond donors (Lipinski definition) is 1. The van der Waals surface area contributed by atoms with Gasteiger partial charge in [0.1, 0.15) is 5.82 Å². The Kier molecular flexibility index (Phi) is 4.34. The molecule has 92 valence electrons. The van der Waals surface area contributed by atoms with E-state index >= 15 is 0 Å². The lowest BCUT2D eigenvalue weighted by Crippen LogP contribution is -2.12. The highest BCUT2D eigenvalue weighted by atomic mass is 127. The molecule has 0 radical (unpaired) electrons. The number of benzene rings is 2. The van der Waals surface area contributed by atoms with Crippen molar-refractivity contribution in [2.75, 3.05) is 5.32 Å². The largest absolute Gasteiger partial charge is 0.322 e. The molecule has 0 fully saturated rings. The first-order valence-electron chi connectivity index (χ1n) is 5.08. The van der Waals surface area contributed by atoms with Gasteiger partial charge in [-0.3, -0.25) is 4.79 Å². The fourth-order valence-corrected chi connectivity index (χ4v) is 2.32. The molecule has 0 aromatic heterocycles. The van der Waals surface area contributed by atoms with Gasteiger partial charge in [-0.05, 0) is 81.0 Å². The van der Waals surface area contributed by atoms with Gasteiger partial charge in [-0.2, -0.15) is 0 Å². The Bertz CT molecular complexity index is 586. The summed E-state index contributed by atoms with van der Waals surface area (Å²) in [6.45, 7) is 0. The van der Waals surface area contributed by atoms with Crippen molar-refractivity contribution < 1.29 is 9.18 Å². The molecule has 2 rings (SSSR count). The third-order valence-electron chi connectivity index (χ3n) is 2.28. The minimum Gasteiger partial charge on any atom is -0.322 e. The summed E-state index contributed by atoms with van der Waals surface area (Å²) in [6, 6.07) is 11.2. The fourth-order valence-electron chi connectivity index (χ4n) is 1.40. The summed E-state index contributed by atoms with van der Waals surface area (Å²) in [5.74, 6) is -0.560. The van der Waals surface area contributed by atoms with Crippen LogP contribution in [0.5, 0.6) is 0 Å². The summed E-state index contributed by atoms with van der Waals surface area (Å²) >= 11 is 5.47. The van der Waals surface area contributed by atoms with Crippen LogP contribution in [-0.4, -0.2) is 5.91 Å². The Labute approximate surface area is 126 Å². The SMILES string of the molecule is O=C(Nc1ccc(F)cc1)c1cc(I)ccc1Br. The maximum Gasteiger partial charge on any atom is 0.256 e. The Hall–Kier alpha value is -0.950. The standard InChI is InChI=1S/C13H8BrFINO/c14-12-6-3-9(16)7-11(12)13(18)17-10-4-1-8(15)2-5-10/h1-7H,(H,17,18). The number of carbonyl (C=O) groups is 1. The van der Waals surface area contributed by atoms with Crippen molar-refractivity contribution in [1.29, 1.82) is 0 Å². The van der Waals surface area contributed by atoms with Gasteiger partial charge in [0, 0.05) is 13.7 Å². The molecule has 5 heteroatoms. The molecule has 0 unspecified atom stereocenters. The van der Waals surface area contributed by atoms with Crippen LogP contribution in [0.1, 0.15) is 10.4 Å². The van der Waals surface area contributed by atoms with Gasteiger partial charge in [-0.15, -0.1) is 0 Å². The van der Waals surface area contributed by atoms with Crippen LogP contribution < -0.4 is 5.32 Å². The maximum atomic E-state index is 12.7. The monoisotopic (exact) mass is 419 g/mol. The van der Waals surface area contributed by atoms with Crippen molar-refractivity contribution in [3.05, 3.63) is 61.9 Å². The van der Waals surface area contributed by atoms with E-state index in [4.69, 9.17) is 0 Å². The summed E-state index contributed by atoms with van der Waals surface area (Å²) in [4.78, 5) is 12.0. The quantitative estimate of drug-likeness (QED) is 0.716. The third kappa shape index (κ3) is 3.29. The zero-order valence-corrected chi connectivity index (χ0v) is 12.8. The van der Waals surface area contributed by atoms with Gasteiger partial charge in [-0.25, -0.2) is 4.39 Å². The van der Waals surface area contributed by atoms with Gasteiger partial charge >= 0.3 is 0 Å². The van der Waals surface area contributed by atoms with Crippen LogP contribution in [0.15, 0.2) is 46.9 Å². The molecule has 2 aromatic carbocycles. The van der Waals surface area contributed by atoms with E-state index in [2.05, 4.69) is 43.8 Å². The molecule has 0 spiro atoms. The number of halogens is 3. The third-order valence-corrected chi connectivity index (χ3v) is 3.64. The first kappa shape index (κ1) is 13.5. The Balaban J connectivity index is 2.21. The molecule has 0 aliphatic carbocycles. The highest BCUT2D eigenvalue weighted by Crippen LogP contribution is 2.21. The lowest BCUT2D eigenvalue weighted by Gasteiger charge is -2.07. The molecule has 0 saturated heterocycles. The van der Waals surface area contributed by atoms with Gasteiger partial charge < -0.3 is 5.32 Å². The predicted molar refractivity (Wildman–Crippen MR) is 81.2 cm³/mol. The van der Waals surface area contributed by atoms with Gasteiger partial charge in [0.15, 0.2) is 0 Å². The Morgan fingerprint density at radius 1 is 1.17 bits per heavy atom. The average Bonchev–Trinajstić information content (AvgIpc) is 2.35. The molecule has 1 amide bonds. The van der Waals surface area contributed by atoms with Crippen LogP contribution >= 0.6 is 38.5 Å². The summed E-state index contributed by atoms with van der Waals surface area (Å²) in [5.41, 5.74) is 1.11. The van der Waals surface area contributed by atoms with E-state index in [1.165, 1.54) is 24.3 Å². The average molecular weight is 420 g/mol. The number of hydrogen-bond acceptors (Lipinski definition) is 1. The van der Waals surface area contributed by atoms with Crippen molar-refractivity contribution in [2.45, 2.75) is 0 Å². The second-order valence-electron chi connectivity index (χ2n) is 3.59. The molecule has 2 aromatic rings. The predicted octanol–water partition coefficient (Wildman–Crippen LogP) is 4.45. The zero-order valence-electron chi connectivity index (χ0n) is 9.08. The summed E-state index contributed by atoms with van der Waals surface area (Å²) in [5, 5.41) is 2.71. The van der Waals surface area contributed by atoms with Crippen LogP contribution in [0.3, 0.4) is 0 Å². The number of rotatable bonds is 2. The number of nitrogens with one attached hydrogen (secondary N) is 1. The lowest BCUT2D eigenvalue weighted by molar-refractivity contribution is 0.102. The van der Waals surface area contributed by atoms with Crippen LogP contribution in [0, 0.1) is 9.39 Å². The normalized spacial score (nSPS) is 10.2. The van der Waals surface area contributed by atoms with Gasteiger partial charge in [0.05, 0.1) is 5.56 Å². The molecule has 0 aliphatic heterocycles. The Morgan fingerprint density at radius 2 is 1.83 bits per heavy atom. The molecule has 2 nitrogen and oxygen atoms in total. The molecular weight excluding hydrogens is 412 g/mol. The molecule has 0 heterocycles. The highest BCUT2D eigenvalue weighted by Gasteiger charge is 2.10. The minimum atomic E-state index is -0.330. The minimum absolute atomic E-state index is 0.230. The van der Waals surface area contributed by atoms with E-state index in [9.17, 15) is 9.18 Å². The molecule has 0 bridgehead atoms. The van der Waals surface area contributed by atoms with Gasteiger partial charge in [-0.1, -0.05) is 0 Å². The molecule has 0 aliphatic rings. The maximum absolute atomic E-state index is 12.7. The van der Waals surface area contributed by atoms with Crippen molar-refractivity contribution in [3.8, 4) is 0 Å². The van der Waals surface area contributed by atoms with Crippen molar-refractivity contribution in [3.63, 3.8) is 0 Å². The van der Waals surface area contributed by atoms with E-state index in [1.54, 1.807) is 6.07 Å². The zero-order chi connectivity index (χ0) is 13.1. The number of carbonyl (C=O) groups excluding carboxylic acids is 1. The first-order valence-corrected chi connectivity index (χ1v) is 6.95. The summed E-state index contributed by atoms with van der Waals surface area (Å²) < 4.78 is 14.4. The summed E-state index contributed by atoms with van der Waals surface area (Å²) in [7, 11) is 0. The number of amides is 1. The van der Waals surface area contributed by atoms with Crippen LogP contribution in [-0.2, 0) is 0 Å². The van der Waals surface area contributed by atoms with E-state index in [0.717, 1.165) is 8.04 Å². The topological polar surface area (TPSA) is 29.1 Å². The summed E-state index contributed by atoms with van der Waals surface area (Å²) in [6.07, 6.45) is 0. The first-order chi connectivity index (χ1) is 8.56. The van der Waals surface area contributed by atoms with Crippen molar-refractivity contribution in [1.82, 2.24) is 0 Å². The van der Waals surface area contributed by atoms with Crippen molar-refractivity contribution in [2.24, 2.45) is 0 Å². The van der Waals surface area contributed by atoms with E-state index < -0.39 is 0 Å². The lowest BCUT2D eigenvalue weighted by atomic mass is 10.2. The van der Waals surface area contributed by atoms with E-state index in [-0.39, 0.29) is 11.7 Å². The second-order valence-corrected chi connectivity index (χ2v) is 5.69. The molecule has 0 atom stereocenters. The van der Waals surface area contributed by atoms with E-state index in [0.29, 0.717) is 11.3 Å². The van der Waals surface area contributed by atoms with Crippen LogP contribution in [0.25, 0.3) is 0 Å². The second kappa shape index (κ2) is 5.79.